The molecular weight excluding hydrogens is 452 g/mol. The Morgan fingerprint density at radius 3 is 2.39 bits per heavy atom. The summed E-state index contributed by atoms with van der Waals surface area (Å²) in [4.78, 5) is 20.5. The Balaban J connectivity index is 1.82. The van der Waals surface area contributed by atoms with Crippen LogP contribution in [0.2, 0.25) is 0 Å². The number of amides is 1. The van der Waals surface area contributed by atoms with E-state index in [-0.39, 0.29) is 29.9 Å². The fourth-order valence-corrected chi connectivity index (χ4v) is 5.01. The molecule has 1 fully saturated rings. The van der Waals surface area contributed by atoms with Crippen LogP contribution >= 0.6 is 0 Å². The number of nitrogens with one attached hydrogen (secondary N) is 1. The van der Waals surface area contributed by atoms with Gasteiger partial charge in [0.05, 0.1) is 17.8 Å². The summed E-state index contributed by atoms with van der Waals surface area (Å²) in [5.74, 6) is 0.670. The minimum atomic E-state index is -0.493. The van der Waals surface area contributed by atoms with Gasteiger partial charge in [0, 0.05) is 51.0 Å². The Hall–Kier alpha value is -3.00. The van der Waals surface area contributed by atoms with Crippen molar-refractivity contribution in [2.24, 2.45) is 11.3 Å². The van der Waals surface area contributed by atoms with Crippen LogP contribution < -0.4 is 5.32 Å². The lowest BCUT2D eigenvalue weighted by molar-refractivity contribution is -0.142. The van der Waals surface area contributed by atoms with Crippen molar-refractivity contribution in [3.8, 4) is 11.3 Å². The van der Waals surface area contributed by atoms with E-state index in [1.54, 1.807) is 0 Å². The van der Waals surface area contributed by atoms with Gasteiger partial charge in [-0.2, -0.15) is 0 Å². The fraction of sp³-hybridized carbons (Fsp3) is 0.448. The Morgan fingerprint density at radius 1 is 1.14 bits per heavy atom. The molecule has 3 aromatic rings. The van der Waals surface area contributed by atoms with Crippen molar-refractivity contribution < 1.29 is 14.6 Å². The van der Waals surface area contributed by atoms with Gasteiger partial charge in [0.15, 0.2) is 0 Å². The predicted octanol–water partition coefficient (Wildman–Crippen LogP) is 3.74. The summed E-state index contributed by atoms with van der Waals surface area (Å²) < 4.78 is 7.45. The number of β-amino-alcohol motifs (C(OH)–C–C–N with tert-alkyl or cyclic N) is 1. The largest absolute Gasteiger partial charge is 0.391 e. The third-order valence-corrected chi connectivity index (χ3v) is 6.77. The van der Waals surface area contributed by atoms with Crippen LogP contribution in [0.25, 0.3) is 11.3 Å². The van der Waals surface area contributed by atoms with E-state index < -0.39 is 6.10 Å². The highest BCUT2D eigenvalue weighted by molar-refractivity contribution is 5.78. The molecular formula is C29H38N4O3. The van der Waals surface area contributed by atoms with Crippen molar-refractivity contribution in [3.63, 3.8) is 0 Å². The number of hydrogen-bond donors (Lipinski definition) is 2. The molecule has 0 unspecified atom stereocenters. The molecule has 3 atom stereocenters. The fourth-order valence-electron chi connectivity index (χ4n) is 5.01. The monoisotopic (exact) mass is 490 g/mol. The van der Waals surface area contributed by atoms with Crippen molar-refractivity contribution in [2.45, 2.75) is 39.5 Å². The quantitative estimate of drug-likeness (QED) is 0.478. The van der Waals surface area contributed by atoms with Gasteiger partial charge in [-0.25, -0.2) is 4.98 Å². The molecule has 1 saturated heterocycles. The third-order valence-electron chi connectivity index (χ3n) is 6.77. The number of methoxy groups -OCH3 is 1. The number of hydrogen-bond acceptors (Lipinski definition) is 5. The Labute approximate surface area is 214 Å². The van der Waals surface area contributed by atoms with Gasteiger partial charge in [-0.1, -0.05) is 81.4 Å². The molecule has 0 radical (unpaired) electrons. The van der Waals surface area contributed by atoms with Gasteiger partial charge in [0.25, 0.3) is 0 Å². The maximum atomic E-state index is 13.5. The number of carbonyl (C=O) groups is 1. The van der Waals surface area contributed by atoms with E-state index in [9.17, 15) is 9.90 Å². The van der Waals surface area contributed by atoms with Gasteiger partial charge >= 0.3 is 0 Å². The molecule has 4 rings (SSSR count). The molecule has 0 aliphatic carbocycles. The molecule has 192 valence electrons. The van der Waals surface area contributed by atoms with E-state index in [1.165, 1.54) is 7.11 Å². The highest BCUT2D eigenvalue weighted by Crippen LogP contribution is 2.40. The van der Waals surface area contributed by atoms with E-state index in [4.69, 9.17) is 9.72 Å². The molecule has 0 spiro atoms. The number of ether oxygens (including phenoxy) is 1. The van der Waals surface area contributed by atoms with Gasteiger partial charge in [-0.3, -0.25) is 4.79 Å². The Morgan fingerprint density at radius 2 is 1.81 bits per heavy atom. The van der Waals surface area contributed by atoms with Crippen molar-refractivity contribution >= 4 is 5.91 Å². The summed E-state index contributed by atoms with van der Waals surface area (Å²) in [5, 5.41) is 13.8. The molecule has 1 aromatic heterocycles. The number of aliphatic hydroxyl groups excluding tert-OH is 1. The van der Waals surface area contributed by atoms with Gasteiger partial charge in [-0.05, 0) is 11.0 Å². The first-order valence-corrected chi connectivity index (χ1v) is 12.6. The first-order valence-electron chi connectivity index (χ1n) is 12.6. The van der Waals surface area contributed by atoms with Crippen LogP contribution in [-0.2, 0) is 16.1 Å². The standard InChI is InChI=1S/C29H38N4O3/c1-29(2,3)27(33(26(35)20-36-4)18-23-15-30-16-25(23)34)28-31-24(22-13-9-6-10-14-22)19-32(28)17-21-11-7-5-8-12-21/h5-14,19,23,25,27,30,34H,15-18,20H2,1-4H3/t23-,25+,27+/m1/s1. The zero-order valence-corrected chi connectivity index (χ0v) is 21.7. The Bertz CT molecular complexity index is 1120. The molecule has 0 bridgehead atoms. The first-order chi connectivity index (χ1) is 17.3. The molecule has 2 aromatic carbocycles. The van der Waals surface area contributed by atoms with Crippen molar-refractivity contribution in [1.29, 1.82) is 0 Å². The van der Waals surface area contributed by atoms with Gasteiger partial charge in [0.1, 0.15) is 12.4 Å². The average molecular weight is 491 g/mol. The van der Waals surface area contributed by atoms with E-state index in [1.807, 2.05) is 41.3 Å². The summed E-state index contributed by atoms with van der Waals surface area (Å²) in [6.45, 7) is 8.67. The highest BCUT2D eigenvalue weighted by atomic mass is 16.5. The Kier molecular flexibility index (Phi) is 8.24. The zero-order chi connectivity index (χ0) is 25.7. The molecule has 0 saturated carbocycles. The second-order valence-electron chi connectivity index (χ2n) is 10.7. The van der Waals surface area contributed by atoms with E-state index in [0.29, 0.717) is 26.2 Å². The van der Waals surface area contributed by atoms with Crippen LogP contribution in [0.5, 0.6) is 0 Å². The van der Waals surface area contributed by atoms with Gasteiger partial charge in [0.2, 0.25) is 5.91 Å². The summed E-state index contributed by atoms with van der Waals surface area (Å²) in [7, 11) is 1.54. The number of imidazole rings is 1. The van der Waals surface area contributed by atoms with Crippen molar-refractivity contribution in [1.82, 2.24) is 19.8 Å². The van der Waals surface area contributed by atoms with Crippen LogP contribution in [0.1, 0.15) is 38.2 Å². The van der Waals surface area contributed by atoms with Gasteiger partial charge < -0.3 is 24.6 Å². The number of benzene rings is 2. The molecule has 7 nitrogen and oxygen atoms in total. The average Bonchev–Trinajstić information content (AvgIpc) is 3.45. The van der Waals surface area contributed by atoms with Crippen LogP contribution in [0.15, 0.2) is 66.9 Å². The lowest BCUT2D eigenvalue weighted by Gasteiger charge is -2.41. The summed E-state index contributed by atoms with van der Waals surface area (Å²) in [5.41, 5.74) is 2.74. The van der Waals surface area contributed by atoms with E-state index in [0.717, 1.165) is 22.6 Å². The molecule has 2 N–H and O–H groups in total. The second kappa shape index (κ2) is 11.4. The number of aromatic nitrogens is 2. The molecule has 7 heteroatoms. The third kappa shape index (κ3) is 6.03. The van der Waals surface area contributed by atoms with Crippen molar-refractivity contribution in [2.75, 3.05) is 33.4 Å². The maximum absolute atomic E-state index is 13.5. The van der Waals surface area contributed by atoms with Crippen LogP contribution in [0, 0.1) is 11.3 Å². The topological polar surface area (TPSA) is 79.6 Å². The molecule has 2 heterocycles. The minimum Gasteiger partial charge on any atom is -0.391 e. The smallest absolute Gasteiger partial charge is 0.249 e. The summed E-state index contributed by atoms with van der Waals surface area (Å²) in [6, 6.07) is 20.1. The first kappa shape index (κ1) is 26.1. The maximum Gasteiger partial charge on any atom is 0.249 e. The normalized spacial score (nSPS) is 18.8. The number of rotatable bonds is 9. The highest BCUT2D eigenvalue weighted by Gasteiger charge is 2.40. The SMILES string of the molecule is COCC(=O)N(C[C@H]1CNC[C@@H]1O)[C@@H](c1nc(-c2ccccc2)cn1Cc1ccccc1)C(C)(C)C. The molecule has 1 aliphatic heterocycles. The van der Waals surface area contributed by atoms with Crippen LogP contribution in [0.3, 0.4) is 0 Å². The van der Waals surface area contributed by atoms with Crippen molar-refractivity contribution in [3.05, 3.63) is 78.2 Å². The summed E-state index contributed by atoms with van der Waals surface area (Å²) >= 11 is 0. The number of carbonyl (C=O) groups excluding carboxylic acids is 1. The van der Waals surface area contributed by atoms with Gasteiger partial charge in [-0.15, -0.1) is 0 Å². The minimum absolute atomic E-state index is 0.0201. The molecule has 1 amide bonds. The molecule has 36 heavy (non-hydrogen) atoms. The van der Waals surface area contributed by atoms with E-state index >= 15 is 0 Å². The van der Waals surface area contributed by atoms with Crippen LogP contribution in [0.4, 0.5) is 0 Å². The van der Waals surface area contributed by atoms with E-state index in [2.05, 4.69) is 61.1 Å². The lowest BCUT2D eigenvalue weighted by Crippen LogP contribution is -2.47. The second-order valence-corrected chi connectivity index (χ2v) is 10.7. The zero-order valence-electron chi connectivity index (χ0n) is 21.7. The van der Waals surface area contributed by atoms with Crippen LogP contribution in [-0.4, -0.2) is 64.9 Å². The lowest BCUT2D eigenvalue weighted by atomic mass is 9.84. The number of nitrogens with zero attached hydrogens (tertiary/aromatic N) is 3. The molecule has 1 aliphatic rings. The number of aliphatic hydroxyl groups is 1. The summed E-state index contributed by atoms with van der Waals surface area (Å²) in [6.07, 6.45) is 1.59. The predicted molar refractivity (Wildman–Crippen MR) is 141 cm³/mol.